The highest BCUT2D eigenvalue weighted by Crippen LogP contribution is 2.44. The van der Waals surface area contributed by atoms with Crippen LogP contribution >= 0.6 is 0 Å². The zero-order valence-electron chi connectivity index (χ0n) is 15.7. The van der Waals surface area contributed by atoms with Crippen LogP contribution in [0.2, 0.25) is 0 Å². The number of fused-ring (bicyclic) bond motifs is 6. The summed E-state index contributed by atoms with van der Waals surface area (Å²) >= 11 is 0. The molecular weight excluding hydrogens is 386 g/mol. The van der Waals surface area contributed by atoms with E-state index in [9.17, 15) is 14.4 Å². The van der Waals surface area contributed by atoms with Gasteiger partial charge in [-0.2, -0.15) is 0 Å². The van der Waals surface area contributed by atoms with Crippen molar-refractivity contribution in [1.29, 1.82) is 0 Å². The maximum absolute atomic E-state index is 13.3. The van der Waals surface area contributed by atoms with Gasteiger partial charge in [0.1, 0.15) is 17.9 Å². The van der Waals surface area contributed by atoms with E-state index in [1.165, 1.54) is 11.1 Å². The number of hydrogen-bond acceptors (Lipinski definition) is 5. The van der Waals surface area contributed by atoms with Crippen LogP contribution in [0.15, 0.2) is 30.5 Å². The summed E-state index contributed by atoms with van der Waals surface area (Å²) in [7, 11) is 0. The fraction of sp³-hybridized carbons (Fsp3) is 0.286. The predicted molar refractivity (Wildman–Crippen MR) is 106 cm³/mol. The molecular formula is C21H15N5O4. The van der Waals surface area contributed by atoms with E-state index >= 15 is 0 Å². The lowest BCUT2D eigenvalue weighted by molar-refractivity contribution is -0.121. The van der Waals surface area contributed by atoms with Gasteiger partial charge in [0, 0.05) is 17.3 Å². The first-order valence-electron chi connectivity index (χ1n) is 9.35. The van der Waals surface area contributed by atoms with Gasteiger partial charge in [0.05, 0.1) is 12.1 Å². The van der Waals surface area contributed by atoms with Gasteiger partial charge in [0.2, 0.25) is 0 Å². The van der Waals surface area contributed by atoms with Gasteiger partial charge in [-0.25, -0.2) is 14.5 Å². The maximum Gasteiger partial charge on any atom is 0.411 e. The number of imide groups is 1. The Morgan fingerprint density at radius 3 is 2.83 bits per heavy atom. The number of piperazine rings is 1. The predicted octanol–water partition coefficient (Wildman–Crippen LogP) is 2.15. The smallest absolute Gasteiger partial charge is 0.411 e. The molecule has 0 spiro atoms. The number of carbonyl (C=O) groups is 3. The fourth-order valence-electron chi connectivity index (χ4n) is 4.71. The SMILES string of the molecule is [C-]#[N+]c1ncc(N2C(=O)[C@H]3[C@H]4CC(CN4C(=O)OCC#C)N3C2=O)c2ccccc12. The Morgan fingerprint density at radius 2 is 2.10 bits per heavy atom. The van der Waals surface area contributed by atoms with Gasteiger partial charge in [-0.15, -0.1) is 11.4 Å². The Kier molecular flexibility index (Phi) is 3.87. The van der Waals surface area contributed by atoms with Gasteiger partial charge in [-0.3, -0.25) is 4.79 Å². The van der Waals surface area contributed by atoms with Gasteiger partial charge < -0.3 is 19.4 Å². The maximum atomic E-state index is 13.3. The number of hydrogen-bond donors (Lipinski definition) is 0. The van der Waals surface area contributed by atoms with Crippen molar-refractivity contribution in [1.82, 2.24) is 14.8 Å². The van der Waals surface area contributed by atoms with Crippen LogP contribution in [0.5, 0.6) is 0 Å². The second-order valence-corrected chi connectivity index (χ2v) is 7.30. The molecule has 1 unspecified atom stereocenters. The molecule has 2 aromatic rings. The molecule has 0 N–H and O–H groups in total. The number of ether oxygens (including phenoxy) is 1. The summed E-state index contributed by atoms with van der Waals surface area (Å²) in [6, 6.07) is 5.12. The molecule has 9 nitrogen and oxygen atoms in total. The largest absolute Gasteiger partial charge is 0.436 e. The van der Waals surface area contributed by atoms with Crippen LogP contribution in [-0.4, -0.2) is 64.1 Å². The molecule has 148 valence electrons. The molecule has 3 saturated heterocycles. The summed E-state index contributed by atoms with van der Waals surface area (Å²) in [4.78, 5) is 50.6. The summed E-state index contributed by atoms with van der Waals surface area (Å²) in [5.74, 6) is 2.04. The lowest BCUT2D eigenvalue weighted by atomic mass is 10.1. The van der Waals surface area contributed by atoms with E-state index in [2.05, 4.69) is 15.7 Å². The number of nitrogens with zero attached hydrogens (tertiary/aromatic N) is 5. The minimum atomic E-state index is -0.770. The number of rotatable bonds is 2. The van der Waals surface area contributed by atoms with E-state index in [1.807, 2.05) is 0 Å². The van der Waals surface area contributed by atoms with Crippen LogP contribution in [0.4, 0.5) is 21.1 Å². The number of amides is 4. The second kappa shape index (κ2) is 6.46. The van der Waals surface area contributed by atoms with Crippen LogP contribution < -0.4 is 4.90 Å². The third-order valence-electron chi connectivity index (χ3n) is 5.88. The van der Waals surface area contributed by atoms with Crippen molar-refractivity contribution in [3.05, 3.63) is 41.9 Å². The molecule has 0 radical (unpaired) electrons. The highest BCUT2D eigenvalue weighted by molar-refractivity contribution is 6.25. The number of pyridine rings is 1. The second-order valence-electron chi connectivity index (χ2n) is 7.30. The third-order valence-corrected chi connectivity index (χ3v) is 5.88. The van der Waals surface area contributed by atoms with E-state index in [-0.39, 0.29) is 18.5 Å². The lowest BCUT2D eigenvalue weighted by Crippen LogP contribution is -2.55. The van der Waals surface area contributed by atoms with E-state index in [1.54, 1.807) is 29.2 Å². The standard InChI is InChI=1S/C21H15N5O4/c1-3-8-30-21(29)24-11-12-9-15(24)17-19(27)26(20(28)25(12)17)16-10-23-18(22-2)14-7-5-4-6-13(14)16/h1,4-7,10,12,15,17H,8-9,11H2/t12?,15-,17-/m1/s1. The molecule has 1 aromatic carbocycles. The molecule has 3 aliphatic rings. The van der Waals surface area contributed by atoms with Gasteiger partial charge in [-0.05, 0) is 6.42 Å². The molecule has 0 saturated carbocycles. The average Bonchev–Trinajstić information content (AvgIpc) is 3.43. The average molecular weight is 401 g/mol. The Labute approximate surface area is 171 Å². The van der Waals surface area contributed by atoms with Gasteiger partial charge in [0.25, 0.3) is 11.7 Å². The molecule has 4 amide bonds. The van der Waals surface area contributed by atoms with E-state index in [0.717, 1.165) is 4.90 Å². The highest BCUT2D eigenvalue weighted by Gasteiger charge is 2.63. The molecule has 3 atom stereocenters. The van der Waals surface area contributed by atoms with Gasteiger partial charge in [-0.1, -0.05) is 36.8 Å². The fourth-order valence-corrected chi connectivity index (χ4v) is 4.71. The normalized spacial score (nSPS) is 24.2. The van der Waals surface area contributed by atoms with Crippen molar-refractivity contribution < 1.29 is 19.1 Å². The summed E-state index contributed by atoms with van der Waals surface area (Å²) in [6.45, 7) is 7.46. The molecule has 0 aliphatic carbocycles. The first-order valence-corrected chi connectivity index (χ1v) is 9.35. The van der Waals surface area contributed by atoms with Crippen LogP contribution in [0, 0.1) is 18.9 Å². The third kappa shape index (κ3) is 2.29. The van der Waals surface area contributed by atoms with E-state index in [0.29, 0.717) is 29.4 Å². The number of aromatic nitrogens is 1. The summed E-state index contributed by atoms with van der Waals surface area (Å²) in [5, 5.41) is 1.17. The van der Waals surface area contributed by atoms with Crippen molar-refractivity contribution in [2.45, 2.75) is 24.5 Å². The summed E-state index contributed by atoms with van der Waals surface area (Å²) in [6.07, 6.45) is 6.47. The Bertz CT molecular complexity index is 1200. The van der Waals surface area contributed by atoms with Gasteiger partial charge in [0.15, 0.2) is 6.61 Å². The zero-order chi connectivity index (χ0) is 21.0. The molecule has 2 bridgehead atoms. The van der Waals surface area contributed by atoms with Crippen molar-refractivity contribution in [3.63, 3.8) is 0 Å². The van der Waals surface area contributed by atoms with Crippen LogP contribution in [0.25, 0.3) is 15.6 Å². The monoisotopic (exact) mass is 401 g/mol. The minimum absolute atomic E-state index is 0.148. The van der Waals surface area contributed by atoms with Crippen molar-refractivity contribution in [2.75, 3.05) is 18.1 Å². The molecule has 3 fully saturated rings. The van der Waals surface area contributed by atoms with Crippen LogP contribution in [-0.2, 0) is 9.53 Å². The Balaban J connectivity index is 1.52. The summed E-state index contributed by atoms with van der Waals surface area (Å²) < 4.78 is 5.02. The number of likely N-dealkylation sites (tertiary alicyclic amines) is 1. The highest BCUT2D eigenvalue weighted by atomic mass is 16.6. The minimum Gasteiger partial charge on any atom is -0.436 e. The number of carbonyl (C=O) groups excluding carboxylic acids is 3. The van der Waals surface area contributed by atoms with Crippen molar-refractivity contribution in [2.24, 2.45) is 0 Å². The number of terminal acetylenes is 1. The quantitative estimate of drug-likeness (QED) is 0.437. The molecule has 3 aliphatic heterocycles. The van der Waals surface area contributed by atoms with E-state index < -0.39 is 30.1 Å². The van der Waals surface area contributed by atoms with Gasteiger partial charge >= 0.3 is 12.1 Å². The Hall–Kier alpha value is -4.11. The topological polar surface area (TPSA) is 87.4 Å². The number of urea groups is 1. The molecule has 30 heavy (non-hydrogen) atoms. The molecule has 1 aromatic heterocycles. The molecule has 5 rings (SSSR count). The summed E-state index contributed by atoms with van der Waals surface area (Å²) in [5.41, 5.74) is 0.336. The van der Waals surface area contributed by atoms with Crippen molar-refractivity contribution >= 4 is 40.3 Å². The van der Waals surface area contributed by atoms with Crippen molar-refractivity contribution in [3.8, 4) is 12.3 Å². The first kappa shape index (κ1) is 18.0. The zero-order valence-corrected chi connectivity index (χ0v) is 15.7. The van der Waals surface area contributed by atoms with Crippen LogP contribution in [0.3, 0.4) is 0 Å². The first-order chi connectivity index (χ1) is 14.6. The van der Waals surface area contributed by atoms with E-state index in [4.69, 9.17) is 17.7 Å². The molecule has 9 heteroatoms. The number of benzene rings is 1. The van der Waals surface area contributed by atoms with Crippen LogP contribution in [0.1, 0.15) is 6.42 Å². The molecule has 4 heterocycles. The number of anilines is 1. The lowest BCUT2D eigenvalue weighted by Gasteiger charge is -2.33. The Morgan fingerprint density at radius 1 is 1.33 bits per heavy atom.